The van der Waals surface area contributed by atoms with Crippen LogP contribution in [0, 0.1) is 0 Å². The predicted molar refractivity (Wildman–Crippen MR) is 79.3 cm³/mol. The first-order chi connectivity index (χ1) is 9.10. The summed E-state index contributed by atoms with van der Waals surface area (Å²) >= 11 is 1.58. The Hall–Kier alpha value is -1.88. The van der Waals surface area contributed by atoms with E-state index in [0.717, 1.165) is 22.0 Å². The van der Waals surface area contributed by atoms with E-state index in [1.165, 1.54) is 6.92 Å². The van der Waals surface area contributed by atoms with Crippen molar-refractivity contribution in [2.75, 3.05) is 12.4 Å². The van der Waals surface area contributed by atoms with Crippen LogP contribution in [0.25, 0.3) is 11.3 Å². The number of rotatable bonds is 4. The third kappa shape index (κ3) is 3.32. The second kappa shape index (κ2) is 5.84. The first-order valence-electron chi connectivity index (χ1n) is 6.11. The lowest BCUT2D eigenvalue weighted by atomic mass is 10.1. The van der Waals surface area contributed by atoms with Crippen LogP contribution in [0.3, 0.4) is 0 Å². The molecule has 0 aliphatic rings. The first-order valence-corrected chi connectivity index (χ1v) is 6.99. The van der Waals surface area contributed by atoms with Crippen molar-refractivity contribution in [2.24, 2.45) is 0 Å². The minimum Gasteiger partial charge on any atom is -0.365 e. The molecule has 4 nitrogen and oxygen atoms in total. The molecule has 2 rings (SSSR count). The van der Waals surface area contributed by atoms with Crippen LogP contribution in [0.1, 0.15) is 25.5 Å². The van der Waals surface area contributed by atoms with Crippen molar-refractivity contribution in [1.82, 2.24) is 10.3 Å². The third-order valence-corrected chi connectivity index (χ3v) is 3.70. The molecule has 100 valence electrons. The maximum absolute atomic E-state index is 11.0. The molecule has 5 heteroatoms. The fourth-order valence-electron chi connectivity index (χ4n) is 1.85. The Kier molecular flexibility index (Phi) is 4.16. The lowest BCUT2D eigenvalue weighted by Gasteiger charge is -2.12. The first kappa shape index (κ1) is 13.5. The van der Waals surface area contributed by atoms with Crippen LogP contribution in [0.2, 0.25) is 0 Å². The summed E-state index contributed by atoms with van der Waals surface area (Å²) in [7, 11) is 1.86. The molecule has 2 aromatic rings. The molecule has 1 amide bonds. The van der Waals surface area contributed by atoms with Gasteiger partial charge in [0.25, 0.3) is 0 Å². The maximum Gasteiger partial charge on any atom is 0.217 e. The monoisotopic (exact) mass is 275 g/mol. The van der Waals surface area contributed by atoms with Gasteiger partial charge in [-0.05, 0) is 12.5 Å². The average molecular weight is 275 g/mol. The molecule has 0 radical (unpaired) electrons. The number of thiazole rings is 1. The minimum absolute atomic E-state index is 0.0188. The van der Waals surface area contributed by atoms with E-state index in [9.17, 15) is 4.79 Å². The van der Waals surface area contributed by atoms with E-state index in [1.807, 2.05) is 43.6 Å². The molecular weight excluding hydrogens is 258 g/mol. The molecule has 0 fully saturated rings. The molecule has 0 saturated carbocycles. The van der Waals surface area contributed by atoms with Crippen molar-refractivity contribution in [2.45, 2.75) is 19.9 Å². The second-order valence-corrected chi connectivity index (χ2v) is 5.19. The number of benzene rings is 1. The summed E-state index contributed by atoms with van der Waals surface area (Å²) < 4.78 is 0. The molecule has 2 N–H and O–H groups in total. The predicted octanol–water partition coefficient (Wildman–Crippen LogP) is 3.05. The molecule has 19 heavy (non-hydrogen) atoms. The van der Waals surface area contributed by atoms with Crippen molar-refractivity contribution in [3.05, 3.63) is 35.2 Å². The SMILES string of the molecule is CNc1nc(-c2ccc([C@@H](C)NC(C)=O)cc2)cs1. The van der Waals surface area contributed by atoms with Gasteiger partial charge in [0.05, 0.1) is 11.7 Å². The number of carbonyl (C=O) groups excluding carboxylic acids is 1. The van der Waals surface area contributed by atoms with Crippen molar-refractivity contribution < 1.29 is 4.79 Å². The zero-order valence-electron chi connectivity index (χ0n) is 11.2. The fraction of sp³-hybridized carbons (Fsp3) is 0.286. The molecule has 0 aliphatic heterocycles. The molecule has 0 spiro atoms. The van der Waals surface area contributed by atoms with Gasteiger partial charge < -0.3 is 10.6 Å². The van der Waals surface area contributed by atoms with Crippen LogP contribution < -0.4 is 10.6 Å². The zero-order chi connectivity index (χ0) is 13.8. The van der Waals surface area contributed by atoms with Gasteiger partial charge in [0.1, 0.15) is 0 Å². The smallest absolute Gasteiger partial charge is 0.217 e. The second-order valence-electron chi connectivity index (χ2n) is 4.33. The van der Waals surface area contributed by atoms with E-state index in [0.29, 0.717) is 0 Å². The van der Waals surface area contributed by atoms with Gasteiger partial charge in [0, 0.05) is 24.9 Å². The summed E-state index contributed by atoms with van der Waals surface area (Å²) in [5.74, 6) is -0.0188. The number of hydrogen-bond acceptors (Lipinski definition) is 4. The number of carbonyl (C=O) groups is 1. The summed E-state index contributed by atoms with van der Waals surface area (Å²) in [5.41, 5.74) is 3.13. The zero-order valence-corrected chi connectivity index (χ0v) is 12.0. The van der Waals surface area contributed by atoms with Crippen molar-refractivity contribution in [1.29, 1.82) is 0 Å². The van der Waals surface area contributed by atoms with E-state index in [-0.39, 0.29) is 11.9 Å². The van der Waals surface area contributed by atoms with Crippen molar-refractivity contribution in [3.63, 3.8) is 0 Å². The Morgan fingerprint density at radius 1 is 1.32 bits per heavy atom. The van der Waals surface area contributed by atoms with E-state index < -0.39 is 0 Å². The summed E-state index contributed by atoms with van der Waals surface area (Å²) in [4.78, 5) is 15.5. The quantitative estimate of drug-likeness (QED) is 0.901. The highest BCUT2D eigenvalue weighted by Gasteiger charge is 2.08. The Bertz CT molecular complexity index is 562. The number of aromatic nitrogens is 1. The summed E-state index contributed by atoms with van der Waals surface area (Å²) in [6.07, 6.45) is 0. The minimum atomic E-state index is -0.0188. The summed E-state index contributed by atoms with van der Waals surface area (Å²) in [5, 5.41) is 8.83. The van der Waals surface area contributed by atoms with Gasteiger partial charge in [0.15, 0.2) is 5.13 Å². The highest BCUT2D eigenvalue weighted by molar-refractivity contribution is 7.14. The van der Waals surface area contributed by atoms with Gasteiger partial charge in [-0.3, -0.25) is 4.79 Å². The Labute approximate surface area is 116 Å². The Morgan fingerprint density at radius 2 is 2.00 bits per heavy atom. The van der Waals surface area contributed by atoms with Crippen LogP contribution >= 0.6 is 11.3 Å². The molecule has 1 aromatic carbocycles. The lowest BCUT2D eigenvalue weighted by Crippen LogP contribution is -2.23. The molecule has 0 aliphatic carbocycles. The number of nitrogens with one attached hydrogen (secondary N) is 2. The third-order valence-electron chi connectivity index (χ3n) is 2.84. The Morgan fingerprint density at radius 3 is 2.53 bits per heavy atom. The van der Waals surface area contributed by atoms with E-state index in [2.05, 4.69) is 15.6 Å². The molecular formula is C14H17N3OS. The van der Waals surface area contributed by atoms with Crippen molar-refractivity contribution in [3.8, 4) is 11.3 Å². The van der Waals surface area contributed by atoms with Crippen LogP contribution in [0.4, 0.5) is 5.13 Å². The molecule has 1 aromatic heterocycles. The van der Waals surface area contributed by atoms with E-state index in [4.69, 9.17) is 0 Å². The lowest BCUT2D eigenvalue weighted by molar-refractivity contribution is -0.119. The number of nitrogens with zero attached hydrogens (tertiary/aromatic N) is 1. The van der Waals surface area contributed by atoms with Crippen molar-refractivity contribution >= 4 is 22.4 Å². The average Bonchev–Trinajstić information content (AvgIpc) is 2.87. The van der Waals surface area contributed by atoms with Gasteiger partial charge in [0.2, 0.25) is 5.91 Å². The molecule has 1 heterocycles. The normalized spacial score (nSPS) is 11.9. The van der Waals surface area contributed by atoms with Gasteiger partial charge in [-0.15, -0.1) is 11.3 Å². The maximum atomic E-state index is 11.0. The van der Waals surface area contributed by atoms with Gasteiger partial charge in [-0.25, -0.2) is 4.98 Å². The standard InChI is InChI=1S/C14H17N3OS/c1-9(16-10(2)18)11-4-6-12(7-5-11)13-8-19-14(15-3)17-13/h4-9H,1-3H3,(H,15,17)(H,16,18)/t9-/m1/s1. The van der Waals surface area contributed by atoms with Gasteiger partial charge in [-0.2, -0.15) is 0 Å². The van der Waals surface area contributed by atoms with Crippen LogP contribution in [-0.4, -0.2) is 17.9 Å². The van der Waals surface area contributed by atoms with Crippen LogP contribution in [-0.2, 0) is 4.79 Å². The topological polar surface area (TPSA) is 54.0 Å². The molecule has 0 bridgehead atoms. The Balaban J connectivity index is 2.16. The molecule has 0 saturated heterocycles. The van der Waals surface area contributed by atoms with Crippen LogP contribution in [0.15, 0.2) is 29.6 Å². The largest absolute Gasteiger partial charge is 0.365 e. The van der Waals surface area contributed by atoms with E-state index in [1.54, 1.807) is 11.3 Å². The summed E-state index contributed by atoms with van der Waals surface area (Å²) in [6.45, 7) is 3.50. The number of hydrogen-bond donors (Lipinski definition) is 2. The van der Waals surface area contributed by atoms with Gasteiger partial charge in [-0.1, -0.05) is 24.3 Å². The fourth-order valence-corrected chi connectivity index (χ4v) is 2.53. The summed E-state index contributed by atoms with van der Waals surface area (Å²) in [6, 6.07) is 8.13. The molecule has 1 atom stereocenters. The number of anilines is 1. The highest BCUT2D eigenvalue weighted by Crippen LogP contribution is 2.25. The van der Waals surface area contributed by atoms with E-state index >= 15 is 0 Å². The van der Waals surface area contributed by atoms with Gasteiger partial charge >= 0.3 is 0 Å². The number of amides is 1. The highest BCUT2D eigenvalue weighted by atomic mass is 32.1. The van der Waals surface area contributed by atoms with Crippen LogP contribution in [0.5, 0.6) is 0 Å². The molecule has 0 unspecified atom stereocenters.